The van der Waals surface area contributed by atoms with Gasteiger partial charge in [-0.1, -0.05) is 36.4 Å². The third-order valence-electron chi connectivity index (χ3n) is 3.37. The quantitative estimate of drug-likeness (QED) is 0.817. The average Bonchev–Trinajstić information content (AvgIpc) is 2.53. The van der Waals surface area contributed by atoms with Crippen LogP contribution in [0.5, 0.6) is 0 Å². The molecule has 0 spiro atoms. The van der Waals surface area contributed by atoms with Crippen LogP contribution in [-0.2, 0) is 16.1 Å². The Bertz CT molecular complexity index is 613. The van der Waals surface area contributed by atoms with Crippen LogP contribution in [0.1, 0.15) is 24.0 Å². The second-order valence-corrected chi connectivity index (χ2v) is 5.68. The molecule has 0 heterocycles. The number of carbonyl (C=O) groups is 1. The van der Waals surface area contributed by atoms with Crippen LogP contribution in [0.25, 0.3) is 0 Å². The Morgan fingerprint density at radius 1 is 1.24 bits per heavy atom. The molecule has 0 aliphatic heterocycles. The molecule has 2 aromatic carbocycles. The van der Waals surface area contributed by atoms with E-state index in [9.17, 15) is 4.79 Å². The number of esters is 1. The number of carbonyl (C=O) groups excluding carboxylic acids is 1. The van der Waals surface area contributed by atoms with Gasteiger partial charge < -0.3 is 10.1 Å². The molecule has 0 amide bonds. The average molecular weight is 348 g/mol. The van der Waals surface area contributed by atoms with Crippen molar-refractivity contribution >= 4 is 27.6 Å². The van der Waals surface area contributed by atoms with E-state index in [2.05, 4.69) is 33.4 Å². The Morgan fingerprint density at radius 3 is 2.62 bits per heavy atom. The molecule has 0 aromatic heterocycles. The highest BCUT2D eigenvalue weighted by molar-refractivity contribution is 9.10. The number of benzene rings is 2. The van der Waals surface area contributed by atoms with Crippen LogP contribution in [0, 0.1) is 0 Å². The zero-order valence-electron chi connectivity index (χ0n) is 12.1. The van der Waals surface area contributed by atoms with E-state index in [4.69, 9.17) is 4.74 Å². The number of nitrogens with one attached hydrogen (secondary N) is 1. The lowest BCUT2D eigenvalue weighted by Gasteiger charge is -2.14. The van der Waals surface area contributed by atoms with Gasteiger partial charge >= 0.3 is 5.97 Å². The zero-order chi connectivity index (χ0) is 15.2. The zero-order valence-corrected chi connectivity index (χ0v) is 13.7. The molecule has 2 rings (SSSR count). The molecule has 1 unspecified atom stereocenters. The van der Waals surface area contributed by atoms with Crippen molar-refractivity contribution in [1.82, 2.24) is 0 Å². The molecule has 0 radical (unpaired) electrons. The molecule has 0 aliphatic carbocycles. The van der Waals surface area contributed by atoms with Crippen molar-refractivity contribution in [2.24, 2.45) is 0 Å². The maximum atomic E-state index is 11.6. The van der Waals surface area contributed by atoms with Crippen LogP contribution in [0.3, 0.4) is 0 Å². The summed E-state index contributed by atoms with van der Waals surface area (Å²) in [6.45, 7) is 2.57. The van der Waals surface area contributed by atoms with Crippen LogP contribution in [-0.4, -0.2) is 13.1 Å². The molecule has 1 N–H and O–H groups in total. The van der Waals surface area contributed by atoms with E-state index >= 15 is 0 Å². The first-order chi connectivity index (χ1) is 10.1. The fourth-order valence-corrected chi connectivity index (χ4v) is 2.44. The predicted molar refractivity (Wildman–Crippen MR) is 88.3 cm³/mol. The van der Waals surface area contributed by atoms with Gasteiger partial charge in [0.2, 0.25) is 0 Å². The van der Waals surface area contributed by atoms with E-state index in [1.54, 1.807) is 0 Å². The largest absolute Gasteiger partial charge is 0.469 e. The number of anilines is 1. The predicted octanol–water partition coefficient (Wildman–Crippen LogP) is 4.34. The van der Waals surface area contributed by atoms with Crippen molar-refractivity contribution in [3.63, 3.8) is 0 Å². The summed E-state index contributed by atoms with van der Waals surface area (Å²) in [5.41, 5.74) is 3.10. The summed E-state index contributed by atoms with van der Waals surface area (Å²) in [6.07, 6.45) is 0. The molecule has 4 heteroatoms. The Kier molecular flexibility index (Phi) is 5.39. The highest BCUT2D eigenvalue weighted by Crippen LogP contribution is 2.28. The maximum Gasteiger partial charge on any atom is 0.312 e. The van der Waals surface area contributed by atoms with E-state index < -0.39 is 0 Å². The fourth-order valence-electron chi connectivity index (χ4n) is 2.05. The molecule has 0 bridgehead atoms. The van der Waals surface area contributed by atoms with E-state index in [0.717, 1.165) is 22.3 Å². The van der Waals surface area contributed by atoms with Gasteiger partial charge in [-0.2, -0.15) is 0 Å². The molecule has 21 heavy (non-hydrogen) atoms. The van der Waals surface area contributed by atoms with Gasteiger partial charge in [0, 0.05) is 16.7 Å². The van der Waals surface area contributed by atoms with Crippen LogP contribution in [0.15, 0.2) is 53.0 Å². The Labute approximate surface area is 133 Å². The molecule has 3 nitrogen and oxygen atoms in total. The van der Waals surface area contributed by atoms with E-state index in [-0.39, 0.29) is 11.9 Å². The standard InChI is InChI=1S/C17H18BrNO2/c1-12(17(20)21-2)14-8-9-15(18)16(10-14)19-11-13-6-4-3-5-7-13/h3-10,12,19H,11H2,1-2H3. The van der Waals surface area contributed by atoms with Crippen LogP contribution in [0.4, 0.5) is 5.69 Å². The van der Waals surface area contributed by atoms with Crippen molar-refractivity contribution in [2.45, 2.75) is 19.4 Å². The molecule has 0 aliphatic rings. The van der Waals surface area contributed by atoms with Crippen LogP contribution >= 0.6 is 15.9 Å². The maximum absolute atomic E-state index is 11.6. The summed E-state index contributed by atoms with van der Waals surface area (Å²) in [5, 5.41) is 3.38. The Hall–Kier alpha value is -1.81. The highest BCUT2D eigenvalue weighted by Gasteiger charge is 2.16. The van der Waals surface area contributed by atoms with Crippen molar-refractivity contribution in [1.29, 1.82) is 0 Å². The Balaban J connectivity index is 2.14. The summed E-state index contributed by atoms with van der Waals surface area (Å²) >= 11 is 3.53. The highest BCUT2D eigenvalue weighted by atomic mass is 79.9. The monoisotopic (exact) mass is 347 g/mol. The summed E-state index contributed by atoms with van der Waals surface area (Å²) in [4.78, 5) is 11.6. The number of rotatable bonds is 5. The normalized spacial score (nSPS) is 11.8. The third kappa shape index (κ3) is 4.08. The van der Waals surface area contributed by atoms with Crippen molar-refractivity contribution in [2.75, 3.05) is 12.4 Å². The number of hydrogen-bond donors (Lipinski definition) is 1. The first-order valence-corrected chi connectivity index (χ1v) is 7.56. The minimum absolute atomic E-state index is 0.230. The second-order valence-electron chi connectivity index (χ2n) is 4.82. The van der Waals surface area contributed by atoms with Gasteiger partial charge in [-0.25, -0.2) is 0 Å². The minimum Gasteiger partial charge on any atom is -0.469 e. The van der Waals surface area contributed by atoms with Gasteiger partial charge in [-0.3, -0.25) is 4.79 Å². The number of halogens is 1. The summed E-state index contributed by atoms with van der Waals surface area (Å²) in [7, 11) is 1.41. The molecule has 110 valence electrons. The lowest BCUT2D eigenvalue weighted by Crippen LogP contribution is -2.11. The molecule has 0 saturated heterocycles. The fraction of sp³-hybridized carbons (Fsp3) is 0.235. The van der Waals surface area contributed by atoms with E-state index in [1.165, 1.54) is 12.7 Å². The Morgan fingerprint density at radius 2 is 1.95 bits per heavy atom. The second kappa shape index (κ2) is 7.27. The molecule has 0 fully saturated rings. The molecular weight excluding hydrogens is 330 g/mol. The van der Waals surface area contributed by atoms with Crippen LogP contribution < -0.4 is 5.32 Å². The number of methoxy groups -OCH3 is 1. The molecule has 2 aromatic rings. The van der Waals surface area contributed by atoms with Gasteiger partial charge in [-0.15, -0.1) is 0 Å². The SMILES string of the molecule is COC(=O)C(C)c1ccc(Br)c(NCc2ccccc2)c1. The van der Waals surface area contributed by atoms with E-state index in [1.807, 2.05) is 43.3 Å². The summed E-state index contributed by atoms with van der Waals surface area (Å²) in [6, 6.07) is 16.0. The van der Waals surface area contributed by atoms with Crippen molar-refractivity contribution < 1.29 is 9.53 Å². The van der Waals surface area contributed by atoms with Crippen LogP contribution in [0.2, 0.25) is 0 Å². The lowest BCUT2D eigenvalue weighted by molar-refractivity contribution is -0.141. The first kappa shape index (κ1) is 15.6. The van der Waals surface area contributed by atoms with Crippen molar-refractivity contribution in [3.8, 4) is 0 Å². The van der Waals surface area contributed by atoms with E-state index in [0.29, 0.717) is 0 Å². The topological polar surface area (TPSA) is 38.3 Å². The first-order valence-electron chi connectivity index (χ1n) is 6.77. The van der Waals surface area contributed by atoms with Gasteiger partial charge in [0.1, 0.15) is 0 Å². The summed E-state index contributed by atoms with van der Waals surface area (Å²) < 4.78 is 5.77. The third-order valence-corrected chi connectivity index (χ3v) is 4.06. The van der Waals surface area contributed by atoms with Gasteiger partial charge in [0.05, 0.1) is 13.0 Å². The number of ether oxygens (including phenoxy) is 1. The van der Waals surface area contributed by atoms with Gasteiger partial charge in [-0.05, 0) is 46.1 Å². The molecule has 0 saturated carbocycles. The minimum atomic E-state index is -0.277. The summed E-state index contributed by atoms with van der Waals surface area (Å²) in [5.74, 6) is -0.508. The smallest absolute Gasteiger partial charge is 0.312 e. The van der Waals surface area contributed by atoms with Gasteiger partial charge in [0.15, 0.2) is 0 Å². The molecular formula is C17H18BrNO2. The molecule has 1 atom stereocenters. The van der Waals surface area contributed by atoms with Crippen molar-refractivity contribution in [3.05, 3.63) is 64.1 Å². The lowest BCUT2D eigenvalue weighted by atomic mass is 10.0. The van der Waals surface area contributed by atoms with Gasteiger partial charge in [0.25, 0.3) is 0 Å². The number of hydrogen-bond acceptors (Lipinski definition) is 3.